The number of aryl methyl sites for hydroxylation is 1. The number of likely N-dealkylation sites (tertiary alicyclic amines) is 1. The molecule has 102 valence electrons. The average Bonchev–Trinajstić information content (AvgIpc) is 2.69. The van der Waals surface area contributed by atoms with Gasteiger partial charge in [0.05, 0.1) is 11.0 Å². The van der Waals surface area contributed by atoms with Gasteiger partial charge in [0.25, 0.3) is 0 Å². The molecule has 1 aliphatic heterocycles. The lowest BCUT2D eigenvalue weighted by atomic mass is 9.97. The minimum absolute atomic E-state index is 0.0273. The van der Waals surface area contributed by atoms with Crippen LogP contribution in [0.1, 0.15) is 18.4 Å². The predicted molar refractivity (Wildman–Crippen MR) is 77.5 cm³/mol. The van der Waals surface area contributed by atoms with Gasteiger partial charge in [-0.2, -0.15) is 0 Å². The van der Waals surface area contributed by atoms with Crippen molar-refractivity contribution in [1.29, 1.82) is 0 Å². The molecule has 1 aromatic carbocycles. The number of nitrogens with one attached hydrogen (secondary N) is 1. The van der Waals surface area contributed by atoms with E-state index < -0.39 is 0 Å². The van der Waals surface area contributed by atoms with Crippen molar-refractivity contribution in [2.75, 3.05) is 20.1 Å². The van der Waals surface area contributed by atoms with E-state index in [1.807, 2.05) is 16.7 Å². The molecule has 0 amide bonds. The summed E-state index contributed by atoms with van der Waals surface area (Å²) in [6.07, 6.45) is 2.36. The second-order valence-electron chi connectivity index (χ2n) is 5.81. The van der Waals surface area contributed by atoms with E-state index in [1.54, 1.807) is 0 Å². The lowest BCUT2D eigenvalue weighted by molar-refractivity contribution is 0.205. The predicted octanol–water partition coefficient (Wildman–Crippen LogP) is 1.98. The molecular formula is C15H21N3O. The molecule has 0 saturated carbocycles. The SMILES string of the molecule is Cc1ccc2[nH]c(=O)n(CC3CCN(C)CC3)c2c1. The van der Waals surface area contributed by atoms with Gasteiger partial charge in [-0.3, -0.25) is 4.57 Å². The van der Waals surface area contributed by atoms with Crippen molar-refractivity contribution in [3.05, 3.63) is 34.2 Å². The maximum Gasteiger partial charge on any atom is 0.326 e. The minimum Gasteiger partial charge on any atom is -0.306 e. The molecule has 0 radical (unpaired) electrons. The summed E-state index contributed by atoms with van der Waals surface area (Å²) in [5.74, 6) is 0.619. The lowest BCUT2D eigenvalue weighted by Crippen LogP contribution is -2.33. The summed E-state index contributed by atoms with van der Waals surface area (Å²) in [4.78, 5) is 17.4. The first kappa shape index (κ1) is 12.5. The van der Waals surface area contributed by atoms with Gasteiger partial charge in [0.1, 0.15) is 0 Å². The number of hydrogen-bond acceptors (Lipinski definition) is 2. The molecule has 0 atom stereocenters. The number of nitrogens with zero attached hydrogens (tertiary/aromatic N) is 2. The van der Waals surface area contributed by atoms with Crippen LogP contribution >= 0.6 is 0 Å². The Labute approximate surface area is 113 Å². The standard InChI is InChI=1S/C15H21N3O/c1-11-3-4-13-14(9-11)18(15(19)16-13)10-12-5-7-17(2)8-6-12/h3-4,9,12H,5-8,10H2,1-2H3,(H,16,19). The second kappa shape index (κ2) is 4.85. The summed E-state index contributed by atoms with van der Waals surface area (Å²) in [5, 5.41) is 0. The molecule has 0 spiro atoms. The molecule has 1 saturated heterocycles. The highest BCUT2D eigenvalue weighted by molar-refractivity contribution is 5.75. The number of aromatic nitrogens is 2. The maximum absolute atomic E-state index is 12.1. The van der Waals surface area contributed by atoms with Gasteiger partial charge in [-0.05, 0) is 63.5 Å². The van der Waals surface area contributed by atoms with Crippen LogP contribution in [0.3, 0.4) is 0 Å². The number of hydrogen-bond donors (Lipinski definition) is 1. The van der Waals surface area contributed by atoms with Crippen LogP contribution in [0.2, 0.25) is 0 Å². The summed E-state index contributed by atoms with van der Waals surface area (Å²) in [5.41, 5.74) is 3.22. The van der Waals surface area contributed by atoms with Gasteiger partial charge in [0.2, 0.25) is 0 Å². The fourth-order valence-corrected chi connectivity index (χ4v) is 2.95. The van der Waals surface area contributed by atoms with E-state index in [9.17, 15) is 4.79 Å². The van der Waals surface area contributed by atoms with Crippen LogP contribution in [-0.4, -0.2) is 34.6 Å². The molecule has 2 heterocycles. The van der Waals surface area contributed by atoms with E-state index in [-0.39, 0.29) is 5.69 Å². The molecule has 1 fully saturated rings. The van der Waals surface area contributed by atoms with Gasteiger partial charge in [-0.25, -0.2) is 4.79 Å². The van der Waals surface area contributed by atoms with Crippen molar-refractivity contribution in [2.24, 2.45) is 5.92 Å². The Kier molecular flexibility index (Phi) is 3.19. The van der Waals surface area contributed by atoms with Gasteiger partial charge in [0.15, 0.2) is 0 Å². The quantitative estimate of drug-likeness (QED) is 0.896. The first-order valence-corrected chi connectivity index (χ1v) is 7.01. The Morgan fingerprint density at radius 1 is 1.32 bits per heavy atom. The number of piperidine rings is 1. The smallest absolute Gasteiger partial charge is 0.306 e. The van der Waals surface area contributed by atoms with Crippen LogP contribution in [0.5, 0.6) is 0 Å². The Balaban J connectivity index is 1.90. The number of H-pyrrole nitrogens is 1. The molecule has 0 aliphatic carbocycles. The van der Waals surface area contributed by atoms with E-state index in [2.05, 4.69) is 29.9 Å². The average molecular weight is 259 g/mol. The van der Waals surface area contributed by atoms with Gasteiger partial charge < -0.3 is 9.88 Å². The van der Waals surface area contributed by atoms with Crippen LogP contribution in [0.25, 0.3) is 11.0 Å². The molecule has 0 bridgehead atoms. The number of imidazole rings is 1. The first-order valence-electron chi connectivity index (χ1n) is 7.01. The largest absolute Gasteiger partial charge is 0.326 e. The van der Waals surface area contributed by atoms with Crippen LogP contribution in [-0.2, 0) is 6.54 Å². The monoisotopic (exact) mass is 259 g/mol. The van der Waals surface area contributed by atoms with Gasteiger partial charge in [0, 0.05) is 6.54 Å². The van der Waals surface area contributed by atoms with Crippen LogP contribution in [0.4, 0.5) is 0 Å². The number of rotatable bonds is 2. The highest BCUT2D eigenvalue weighted by Crippen LogP contribution is 2.20. The number of fused-ring (bicyclic) bond motifs is 1. The molecule has 19 heavy (non-hydrogen) atoms. The van der Waals surface area contributed by atoms with Gasteiger partial charge in [-0.1, -0.05) is 6.07 Å². The summed E-state index contributed by atoms with van der Waals surface area (Å²) in [7, 11) is 2.16. The molecule has 0 unspecified atom stereocenters. The summed E-state index contributed by atoms with van der Waals surface area (Å²) < 4.78 is 1.92. The summed E-state index contributed by atoms with van der Waals surface area (Å²) >= 11 is 0. The molecule has 3 rings (SSSR count). The molecular weight excluding hydrogens is 238 g/mol. The molecule has 1 aromatic heterocycles. The van der Waals surface area contributed by atoms with Gasteiger partial charge >= 0.3 is 5.69 Å². The van der Waals surface area contributed by atoms with Crippen molar-refractivity contribution >= 4 is 11.0 Å². The highest BCUT2D eigenvalue weighted by atomic mass is 16.1. The molecule has 4 heteroatoms. The second-order valence-corrected chi connectivity index (χ2v) is 5.81. The summed E-state index contributed by atoms with van der Waals surface area (Å²) in [6.45, 7) is 5.19. The first-order chi connectivity index (χ1) is 9.13. The van der Waals surface area contributed by atoms with Crippen molar-refractivity contribution in [2.45, 2.75) is 26.3 Å². The van der Waals surface area contributed by atoms with E-state index in [4.69, 9.17) is 0 Å². The normalized spacial score (nSPS) is 18.2. The zero-order valence-electron chi connectivity index (χ0n) is 11.6. The van der Waals surface area contributed by atoms with Crippen molar-refractivity contribution in [3.63, 3.8) is 0 Å². The molecule has 1 aliphatic rings. The zero-order chi connectivity index (χ0) is 13.4. The maximum atomic E-state index is 12.1. The summed E-state index contributed by atoms with van der Waals surface area (Å²) in [6, 6.07) is 6.14. The third kappa shape index (κ3) is 2.45. The van der Waals surface area contributed by atoms with Crippen LogP contribution in [0, 0.1) is 12.8 Å². The fraction of sp³-hybridized carbons (Fsp3) is 0.533. The number of aromatic amines is 1. The topological polar surface area (TPSA) is 41.0 Å². The third-order valence-electron chi connectivity index (χ3n) is 4.21. The highest BCUT2D eigenvalue weighted by Gasteiger charge is 2.19. The van der Waals surface area contributed by atoms with E-state index in [1.165, 1.54) is 18.4 Å². The minimum atomic E-state index is 0.0273. The van der Waals surface area contributed by atoms with Crippen molar-refractivity contribution < 1.29 is 0 Å². The Morgan fingerprint density at radius 2 is 2.05 bits per heavy atom. The number of benzene rings is 1. The van der Waals surface area contributed by atoms with Gasteiger partial charge in [-0.15, -0.1) is 0 Å². The van der Waals surface area contributed by atoms with Crippen LogP contribution < -0.4 is 5.69 Å². The van der Waals surface area contributed by atoms with E-state index in [0.29, 0.717) is 5.92 Å². The van der Waals surface area contributed by atoms with E-state index >= 15 is 0 Å². The Bertz CT molecular complexity index is 632. The zero-order valence-corrected chi connectivity index (χ0v) is 11.6. The van der Waals surface area contributed by atoms with E-state index in [0.717, 1.165) is 30.7 Å². The fourth-order valence-electron chi connectivity index (χ4n) is 2.95. The Hall–Kier alpha value is -1.55. The van der Waals surface area contributed by atoms with Crippen molar-refractivity contribution in [3.8, 4) is 0 Å². The Morgan fingerprint density at radius 3 is 2.79 bits per heavy atom. The van der Waals surface area contributed by atoms with Crippen molar-refractivity contribution in [1.82, 2.24) is 14.5 Å². The molecule has 1 N–H and O–H groups in total. The third-order valence-corrected chi connectivity index (χ3v) is 4.21. The molecule has 4 nitrogen and oxygen atoms in total. The lowest BCUT2D eigenvalue weighted by Gasteiger charge is -2.29. The van der Waals surface area contributed by atoms with Crippen LogP contribution in [0.15, 0.2) is 23.0 Å². The molecule has 2 aromatic rings.